The highest BCUT2D eigenvalue weighted by Gasteiger charge is 2.36. The van der Waals surface area contributed by atoms with Crippen LogP contribution in [0.2, 0.25) is 0 Å². The number of aromatic nitrogens is 1. The third kappa shape index (κ3) is 5.02. The second-order valence-electron chi connectivity index (χ2n) is 11.1. The fraction of sp³-hybridized carbons (Fsp3) is 0.171. The number of fused-ring (bicyclic) bond motifs is 2. The van der Waals surface area contributed by atoms with E-state index >= 15 is 0 Å². The highest BCUT2D eigenvalue weighted by atomic mass is 16.5. The average molecular weight is 585 g/mol. The van der Waals surface area contributed by atoms with Crippen LogP contribution >= 0.6 is 0 Å². The van der Waals surface area contributed by atoms with Gasteiger partial charge in [-0.1, -0.05) is 41.6 Å². The van der Waals surface area contributed by atoms with Gasteiger partial charge in [-0.2, -0.15) is 0 Å². The number of carbonyl (C=O) groups is 4. The van der Waals surface area contributed by atoms with Gasteiger partial charge in [0.25, 0.3) is 17.7 Å². The third-order valence-electron chi connectivity index (χ3n) is 8.39. The number of imide groups is 1. The third-order valence-corrected chi connectivity index (χ3v) is 8.39. The van der Waals surface area contributed by atoms with Crippen LogP contribution in [0.1, 0.15) is 61.1 Å². The molecule has 3 heterocycles. The van der Waals surface area contributed by atoms with Crippen LogP contribution in [0.3, 0.4) is 0 Å². The molecule has 7 rings (SSSR count). The second-order valence-corrected chi connectivity index (χ2v) is 11.1. The summed E-state index contributed by atoms with van der Waals surface area (Å²) >= 11 is 0. The van der Waals surface area contributed by atoms with Gasteiger partial charge < -0.3 is 14.7 Å². The second kappa shape index (κ2) is 11.3. The highest BCUT2D eigenvalue weighted by Crippen LogP contribution is 2.31. The van der Waals surface area contributed by atoms with E-state index in [0.29, 0.717) is 58.3 Å². The van der Waals surface area contributed by atoms with Gasteiger partial charge in [-0.15, -0.1) is 0 Å². The van der Waals surface area contributed by atoms with Crippen molar-refractivity contribution in [1.82, 2.24) is 10.1 Å². The highest BCUT2D eigenvalue weighted by molar-refractivity contribution is 6.34. The average Bonchev–Trinajstić information content (AvgIpc) is 3.58. The molecular weight excluding hydrogens is 556 g/mol. The zero-order chi connectivity index (χ0) is 30.2. The van der Waals surface area contributed by atoms with E-state index < -0.39 is 0 Å². The molecule has 218 valence electrons. The SMILES string of the molecule is O=C(Cc1noc2ccccc12)Nc1ccc(C2CCN(C(=O)c3ccc(N4C(=O)c5ccccc5C4=O)cc3)CC2)cc1. The predicted octanol–water partition coefficient (Wildman–Crippen LogP) is 5.83. The van der Waals surface area contributed by atoms with Crippen molar-refractivity contribution in [2.45, 2.75) is 25.2 Å². The summed E-state index contributed by atoms with van der Waals surface area (Å²) in [4.78, 5) is 54.4. The Bertz CT molecular complexity index is 1870. The number of nitrogens with one attached hydrogen (secondary N) is 1. The van der Waals surface area contributed by atoms with Crippen LogP contribution in [0, 0.1) is 0 Å². The van der Waals surface area contributed by atoms with Gasteiger partial charge in [0.1, 0.15) is 5.69 Å². The van der Waals surface area contributed by atoms with E-state index in [0.717, 1.165) is 23.1 Å². The number of benzene rings is 4. The van der Waals surface area contributed by atoms with E-state index in [4.69, 9.17) is 4.52 Å². The van der Waals surface area contributed by atoms with Crippen molar-refractivity contribution in [2.24, 2.45) is 0 Å². The summed E-state index contributed by atoms with van der Waals surface area (Å²) in [5.74, 6) is -0.651. The Morgan fingerprint density at radius 2 is 1.43 bits per heavy atom. The number of rotatable bonds is 6. The van der Waals surface area contributed by atoms with E-state index in [1.807, 2.05) is 53.4 Å². The summed E-state index contributed by atoms with van der Waals surface area (Å²) in [6.07, 6.45) is 1.77. The van der Waals surface area contributed by atoms with Gasteiger partial charge in [0.15, 0.2) is 5.58 Å². The Morgan fingerprint density at radius 3 is 2.11 bits per heavy atom. The smallest absolute Gasteiger partial charge is 0.266 e. The van der Waals surface area contributed by atoms with Crippen molar-refractivity contribution in [3.8, 4) is 0 Å². The lowest BCUT2D eigenvalue weighted by atomic mass is 9.89. The van der Waals surface area contributed by atoms with Crippen molar-refractivity contribution in [3.05, 3.63) is 125 Å². The summed E-state index contributed by atoms with van der Waals surface area (Å²) in [7, 11) is 0. The van der Waals surface area contributed by atoms with E-state index in [9.17, 15) is 19.2 Å². The molecular formula is C35H28N4O5. The summed E-state index contributed by atoms with van der Waals surface area (Å²) in [5, 5.41) is 7.80. The lowest BCUT2D eigenvalue weighted by molar-refractivity contribution is -0.115. The standard InChI is InChI=1S/C35H28N4O5/c40-32(21-30-29-7-3-4-8-31(29)44-37-30)36-25-13-9-22(10-14-25)23-17-19-38(20-18-23)33(41)24-11-15-26(16-12-24)39-34(42)27-5-1-2-6-28(27)35(39)43/h1-16,23H,17-21H2,(H,36,40). The molecule has 0 radical (unpaired) electrons. The molecule has 9 heteroatoms. The Morgan fingerprint density at radius 1 is 0.795 bits per heavy atom. The first-order chi connectivity index (χ1) is 21.5. The van der Waals surface area contributed by atoms with Gasteiger partial charge >= 0.3 is 0 Å². The van der Waals surface area contributed by atoms with E-state index in [1.54, 1.807) is 48.5 Å². The lowest BCUT2D eigenvalue weighted by Gasteiger charge is -2.32. The molecule has 0 spiro atoms. The van der Waals surface area contributed by atoms with E-state index in [-0.39, 0.29) is 30.0 Å². The van der Waals surface area contributed by atoms with Crippen molar-refractivity contribution in [3.63, 3.8) is 0 Å². The van der Waals surface area contributed by atoms with Crippen LogP contribution in [0.5, 0.6) is 0 Å². The number of hydrogen-bond donors (Lipinski definition) is 1. The zero-order valence-corrected chi connectivity index (χ0v) is 23.7. The maximum absolute atomic E-state index is 13.2. The lowest BCUT2D eigenvalue weighted by Crippen LogP contribution is -2.38. The Balaban J connectivity index is 0.928. The van der Waals surface area contributed by atoms with Crippen LogP contribution in [-0.2, 0) is 11.2 Å². The molecule has 1 saturated heterocycles. The van der Waals surface area contributed by atoms with Crippen molar-refractivity contribution >= 4 is 46.0 Å². The van der Waals surface area contributed by atoms with Crippen LogP contribution < -0.4 is 10.2 Å². The first kappa shape index (κ1) is 27.3. The van der Waals surface area contributed by atoms with Crippen LogP contribution in [-0.4, -0.2) is 46.8 Å². The Hall–Kier alpha value is -5.57. The number of likely N-dealkylation sites (tertiary alicyclic amines) is 1. The number of carbonyl (C=O) groups excluding carboxylic acids is 4. The molecule has 0 aliphatic carbocycles. The molecule has 0 bridgehead atoms. The van der Waals surface area contributed by atoms with Gasteiger partial charge in [-0.25, -0.2) is 4.90 Å². The molecule has 1 N–H and O–H groups in total. The van der Waals surface area contributed by atoms with Crippen molar-refractivity contribution < 1.29 is 23.7 Å². The summed E-state index contributed by atoms with van der Waals surface area (Å²) in [5.41, 5.74) is 4.87. The molecule has 1 aromatic heterocycles. The minimum absolute atomic E-state index is 0.0738. The van der Waals surface area contributed by atoms with Crippen LogP contribution in [0.15, 0.2) is 102 Å². The fourth-order valence-electron chi connectivity index (χ4n) is 6.04. The zero-order valence-electron chi connectivity index (χ0n) is 23.7. The Kier molecular flexibility index (Phi) is 6.98. The topological polar surface area (TPSA) is 113 Å². The molecule has 44 heavy (non-hydrogen) atoms. The van der Waals surface area contributed by atoms with Crippen molar-refractivity contribution in [2.75, 3.05) is 23.3 Å². The molecule has 4 aromatic carbocycles. The first-order valence-corrected chi connectivity index (χ1v) is 14.6. The summed E-state index contributed by atoms with van der Waals surface area (Å²) < 4.78 is 5.29. The van der Waals surface area contributed by atoms with Crippen LogP contribution in [0.25, 0.3) is 11.0 Å². The van der Waals surface area contributed by atoms with Crippen LogP contribution in [0.4, 0.5) is 11.4 Å². The molecule has 4 amide bonds. The van der Waals surface area contributed by atoms with E-state index in [2.05, 4.69) is 10.5 Å². The van der Waals surface area contributed by atoms with Gasteiger partial charge in [0, 0.05) is 29.7 Å². The molecule has 2 aliphatic heterocycles. The fourth-order valence-corrected chi connectivity index (χ4v) is 6.04. The van der Waals surface area contributed by atoms with E-state index in [1.165, 1.54) is 5.56 Å². The molecule has 1 fully saturated rings. The number of para-hydroxylation sites is 1. The monoisotopic (exact) mass is 584 g/mol. The molecule has 2 aliphatic rings. The number of hydrogen-bond acceptors (Lipinski definition) is 6. The summed E-state index contributed by atoms with van der Waals surface area (Å²) in [6, 6.07) is 28.7. The Labute approximate surface area is 253 Å². The van der Waals surface area contributed by atoms with Crippen molar-refractivity contribution in [1.29, 1.82) is 0 Å². The molecule has 9 nitrogen and oxygen atoms in total. The maximum atomic E-state index is 13.2. The van der Waals surface area contributed by atoms with Gasteiger partial charge in [0.2, 0.25) is 5.91 Å². The van der Waals surface area contributed by atoms with Gasteiger partial charge in [0.05, 0.1) is 23.2 Å². The minimum Gasteiger partial charge on any atom is -0.356 e. The minimum atomic E-state index is -0.359. The predicted molar refractivity (Wildman–Crippen MR) is 165 cm³/mol. The molecule has 0 unspecified atom stereocenters. The first-order valence-electron chi connectivity index (χ1n) is 14.6. The number of amides is 4. The molecule has 0 saturated carbocycles. The van der Waals surface area contributed by atoms with Gasteiger partial charge in [-0.3, -0.25) is 19.2 Å². The number of piperidine rings is 1. The van der Waals surface area contributed by atoms with Gasteiger partial charge in [-0.05, 0) is 85.0 Å². The number of nitrogens with zero attached hydrogens (tertiary/aromatic N) is 3. The maximum Gasteiger partial charge on any atom is 0.266 e. The largest absolute Gasteiger partial charge is 0.356 e. The normalized spacial score (nSPS) is 15.1. The summed E-state index contributed by atoms with van der Waals surface area (Å²) in [6.45, 7) is 1.24. The quantitative estimate of drug-likeness (QED) is 0.251. The molecule has 5 aromatic rings. The molecule has 0 atom stereocenters. The number of anilines is 2.